The molecular weight excluding hydrogens is 384 g/mol. The van der Waals surface area contributed by atoms with Gasteiger partial charge < -0.3 is 14.4 Å². The molecule has 0 N–H and O–H groups in total. The molecule has 0 bridgehead atoms. The summed E-state index contributed by atoms with van der Waals surface area (Å²) in [5.74, 6) is 2.40. The third-order valence-electron chi connectivity index (χ3n) is 5.74. The summed E-state index contributed by atoms with van der Waals surface area (Å²) in [6.07, 6.45) is 4.16. The largest absolute Gasteiger partial charge is 0.496 e. The van der Waals surface area contributed by atoms with E-state index < -0.39 is 0 Å². The molecule has 0 aliphatic carbocycles. The zero-order chi connectivity index (χ0) is 22.0. The Morgan fingerprint density at radius 3 is 2.29 bits per heavy atom. The van der Waals surface area contributed by atoms with E-state index in [1.54, 1.807) is 7.11 Å². The second kappa shape index (κ2) is 8.31. The number of hydrogen-bond donors (Lipinski definition) is 0. The Kier molecular flexibility index (Phi) is 5.55. The maximum absolute atomic E-state index is 5.85. The zero-order valence-electron chi connectivity index (χ0n) is 18.7. The topological polar surface area (TPSA) is 34.1 Å². The number of benzene rings is 3. The third-order valence-corrected chi connectivity index (χ3v) is 5.74. The smallest absolute Gasteiger partial charge is 0.129 e. The van der Waals surface area contributed by atoms with Gasteiger partial charge in [-0.3, -0.25) is 4.99 Å². The third kappa shape index (κ3) is 4.33. The van der Waals surface area contributed by atoms with Gasteiger partial charge in [0.05, 0.1) is 18.3 Å². The summed E-state index contributed by atoms with van der Waals surface area (Å²) < 4.78 is 11.5. The van der Waals surface area contributed by atoms with Gasteiger partial charge in [0, 0.05) is 36.1 Å². The van der Waals surface area contributed by atoms with Crippen molar-refractivity contribution in [3.05, 3.63) is 83.9 Å². The van der Waals surface area contributed by atoms with Crippen molar-refractivity contribution in [2.24, 2.45) is 4.99 Å². The minimum atomic E-state index is -0.0404. The number of methoxy groups -OCH3 is 1. The molecule has 31 heavy (non-hydrogen) atoms. The molecule has 4 heteroatoms. The fraction of sp³-hybridized carbons (Fsp3) is 0.222. The number of ether oxygens (including phenoxy) is 2. The van der Waals surface area contributed by atoms with Crippen LogP contribution in [0.2, 0.25) is 0 Å². The number of anilines is 1. The molecule has 158 valence electrons. The first-order valence-electron chi connectivity index (χ1n) is 10.4. The number of likely N-dealkylation sites (N-methyl/N-ethyl adjacent to an activating group) is 1. The molecule has 3 aromatic rings. The van der Waals surface area contributed by atoms with Crippen molar-refractivity contribution in [2.45, 2.75) is 26.3 Å². The van der Waals surface area contributed by atoms with Crippen molar-refractivity contribution >= 4 is 23.2 Å². The maximum atomic E-state index is 5.85. The molecule has 1 aliphatic heterocycles. The van der Waals surface area contributed by atoms with E-state index in [0.717, 1.165) is 28.5 Å². The molecule has 0 radical (unpaired) electrons. The zero-order valence-corrected chi connectivity index (χ0v) is 18.7. The van der Waals surface area contributed by atoms with Crippen LogP contribution in [-0.2, 0) is 0 Å². The van der Waals surface area contributed by atoms with Gasteiger partial charge in [0.15, 0.2) is 0 Å². The van der Waals surface area contributed by atoms with Gasteiger partial charge >= 0.3 is 0 Å². The van der Waals surface area contributed by atoms with Crippen LogP contribution < -0.4 is 14.4 Å². The summed E-state index contributed by atoms with van der Waals surface area (Å²) >= 11 is 0. The molecule has 0 unspecified atom stereocenters. The Balaban J connectivity index is 1.58. The average molecular weight is 413 g/mol. The lowest BCUT2D eigenvalue weighted by atomic mass is 9.88. The Morgan fingerprint density at radius 1 is 0.935 bits per heavy atom. The normalized spacial score (nSPS) is 14.9. The van der Waals surface area contributed by atoms with Gasteiger partial charge in [0.2, 0.25) is 0 Å². The first-order valence-corrected chi connectivity index (χ1v) is 10.4. The Bertz CT molecular complexity index is 1130. The molecule has 0 spiro atoms. The molecule has 4 rings (SSSR count). The highest BCUT2D eigenvalue weighted by Crippen LogP contribution is 2.41. The van der Waals surface area contributed by atoms with Crippen molar-refractivity contribution in [3.8, 4) is 17.2 Å². The van der Waals surface area contributed by atoms with E-state index >= 15 is 0 Å². The minimum absolute atomic E-state index is 0.0404. The number of rotatable bonds is 5. The van der Waals surface area contributed by atoms with Crippen LogP contribution in [0, 0.1) is 0 Å². The van der Waals surface area contributed by atoms with Gasteiger partial charge in [-0.2, -0.15) is 0 Å². The van der Waals surface area contributed by atoms with Gasteiger partial charge in [-0.15, -0.1) is 0 Å². The van der Waals surface area contributed by atoms with Crippen LogP contribution in [0.15, 0.2) is 77.8 Å². The number of hydrogen-bond acceptors (Lipinski definition) is 4. The SMILES string of the molecule is COc1cc2c(cc1C=Nc1ccc(Oc3ccccc3)cc1)C(C)=CC(C)(C)N2C. The molecular formula is C27H28N2O2. The second-order valence-corrected chi connectivity index (χ2v) is 8.32. The molecule has 0 saturated carbocycles. The van der Waals surface area contributed by atoms with Crippen LogP contribution in [0.25, 0.3) is 5.57 Å². The van der Waals surface area contributed by atoms with Crippen LogP contribution in [0.4, 0.5) is 11.4 Å². The van der Waals surface area contributed by atoms with Gasteiger partial charge in [-0.25, -0.2) is 0 Å². The summed E-state index contributed by atoms with van der Waals surface area (Å²) in [6, 6.07) is 21.7. The van der Waals surface area contributed by atoms with Gasteiger partial charge in [0.25, 0.3) is 0 Å². The summed E-state index contributed by atoms with van der Waals surface area (Å²) in [6.45, 7) is 6.59. The molecule has 3 aromatic carbocycles. The number of aliphatic imine (C=N–C) groups is 1. The highest BCUT2D eigenvalue weighted by Gasteiger charge is 2.29. The molecule has 0 saturated heterocycles. The maximum Gasteiger partial charge on any atom is 0.129 e. The molecule has 4 nitrogen and oxygen atoms in total. The molecule has 0 amide bonds. The van der Waals surface area contributed by atoms with Crippen molar-refractivity contribution in [3.63, 3.8) is 0 Å². The van der Waals surface area contributed by atoms with Crippen LogP contribution >= 0.6 is 0 Å². The lowest BCUT2D eigenvalue weighted by Crippen LogP contribution is -2.42. The lowest BCUT2D eigenvalue weighted by Gasteiger charge is -2.40. The Hall–Kier alpha value is -3.53. The van der Waals surface area contributed by atoms with E-state index in [1.165, 1.54) is 16.8 Å². The Morgan fingerprint density at radius 2 is 1.61 bits per heavy atom. The van der Waals surface area contributed by atoms with E-state index in [-0.39, 0.29) is 5.54 Å². The fourth-order valence-corrected chi connectivity index (χ4v) is 3.84. The van der Waals surface area contributed by atoms with Crippen molar-refractivity contribution in [1.82, 2.24) is 0 Å². The van der Waals surface area contributed by atoms with Gasteiger partial charge in [-0.05, 0) is 68.8 Å². The van der Waals surface area contributed by atoms with Crippen LogP contribution in [0.1, 0.15) is 31.9 Å². The summed E-state index contributed by atoms with van der Waals surface area (Å²) in [5.41, 5.74) is 5.40. The predicted molar refractivity (Wildman–Crippen MR) is 129 cm³/mol. The quantitative estimate of drug-likeness (QED) is 0.429. The van der Waals surface area contributed by atoms with E-state index in [1.807, 2.05) is 60.8 Å². The molecule has 0 fully saturated rings. The monoisotopic (exact) mass is 412 g/mol. The van der Waals surface area contributed by atoms with Crippen molar-refractivity contribution in [1.29, 1.82) is 0 Å². The predicted octanol–water partition coefficient (Wildman–Crippen LogP) is 6.87. The lowest BCUT2D eigenvalue weighted by molar-refractivity contribution is 0.414. The van der Waals surface area contributed by atoms with Gasteiger partial charge in [0.1, 0.15) is 17.2 Å². The van der Waals surface area contributed by atoms with Gasteiger partial charge in [-0.1, -0.05) is 24.3 Å². The second-order valence-electron chi connectivity index (χ2n) is 8.32. The highest BCUT2D eigenvalue weighted by atomic mass is 16.5. The van der Waals surface area contributed by atoms with E-state index in [9.17, 15) is 0 Å². The highest BCUT2D eigenvalue weighted by molar-refractivity contribution is 5.91. The standard InChI is InChI=1S/C27H28N2O2/c1-19-17-27(2,3)29(4)25-16-26(30-5)20(15-24(19)25)18-28-21-11-13-23(14-12-21)31-22-9-7-6-8-10-22/h6-18H,1-5H3. The number of allylic oxidation sites excluding steroid dienone is 1. The van der Waals surface area contributed by atoms with Crippen LogP contribution in [-0.4, -0.2) is 25.9 Å². The minimum Gasteiger partial charge on any atom is -0.496 e. The first-order chi connectivity index (χ1) is 14.9. The van der Waals surface area contributed by atoms with Crippen molar-refractivity contribution < 1.29 is 9.47 Å². The number of para-hydroxylation sites is 1. The molecule has 0 aromatic heterocycles. The number of fused-ring (bicyclic) bond motifs is 1. The molecule has 1 aliphatic rings. The van der Waals surface area contributed by atoms with Crippen LogP contribution in [0.5, 0.6) is 17.2 Å². The number of nitrogens with zero attached hydrogens (tertiary/aromatic N) is 2. The van der Waals surface area contributed by atoms with E-state index in [2.05, 4.69) is 55.9 Å². The summed E-state index contributed by atoms with van der Waals surface area (Å²) in [5, 5.41) is 0. The van der Waals surface area contributed by atoms with E-state index in [0.29, 0.717) is 0 Å². The van der Waals surface area contributed by atoms with E-state index in [4.69, 9.17) is 9.47 Å². The Labute approximate surface area is 184 Å². The summed E-state index contributed by atoms with van der Waals surface area (Å²) in [4.78, 5) is 6.94. The fourth-order valence-electron chi connectivity index (χ4n) is 3.84. The first kappa shape index (κ1) is 20.7. The van der Waals surface area contributed by atoms with Crippen LogP contribution in [0.3, 0.4) is 0 Å². The molecule has 1 heterocycles. The summed E-state index contributed by atoms with van der Waals surface area (Å²) in [7, 11) is 3.82. The van der Waals surface area contributed by atoms with Crippen molar-refractivity contribution in [2.75, 3.05) is 19.1 Å². The molecule has 0 atom stereocenters. The average Bonchev–Trinajstić information content (AvgIpc) is 2.77.